The quantitative estimate of drug-likeness (QED) is 0.647. The monoisotopic (exact) mass is 243 g/mol. The molecule has 1 rings (SSSR count). The molecule has 98 valence electrons. The van der Waals surface area contributed by atoms with Gasteiger partial charge in [-0.1, -0.05) is 0 Å². The van der Waals surface area contributed by atoms with E-state index in [4.69, 9.17) is 4.74 Å². The van der Waals surface area contributed by atoms with Gasteiger partial charge in [0.25, 0.3) is 0 Å². The second-order valence-electron chi connectivity index (χ2n) is 3.99. The van der Waals surface area contributed by atoms with Crippen molar-refractivity contribution in [1.29, 1.82) is 0 Å². The van der Waals surface area contributed by atoms with Gasteiger partial charge in [0.15, 0.2) is 0 Å². The van der Waals surface area contributed by atoms with Crippen molar-refractivity contribution >= 4 is 11.8 Å². The number of ether oxygens (including phenoxy) is 1. The normalized spacial score (nSPS) is 17.6. The van der Waals surface area contributed by atoms with Gasteiger partial charge in [0.1, 0.15) is 0 Å². The number of nitrogens with zero attached hydrogens (tertiary/aromatic N) is 1. The van der Waals surface area contributed by atoms with Gasteiger partial charge in [-0.3, -0.25) is 14.9 Å². The van der Waals surface area contributed by atoms with Crippen LogP contribution >= 0.6 is 0 Å². The van der Waals surface area contributed by atoms with E-state index in [9.17, 15) is 9.59 Å². The van der Waals surface area contributed by atoms with Gasteiger partial charge in [0, 0.05) is 19.6 Å². The number of carbonyl (C=O) groups excluding carboxylic acids is 2. The Kier molecular flexibility index (Phi) is 5.93. The molecule has 2 N–H and O–H groups in total. The Morgan fingerprint density at radius 3 is 2.59 bits per heavy atom. The molecule has 0 radical (unpaired) electrons. The molecule has 0 spiro atoms. The Balaban J connectivity index is 2.24. The van der Waals surface area contributed by atoms with Crippen LogP contribution in [0.5, 0.6) is 0 Å². The first-order valence-electron chi connectivity index (χ1n) is 6.01. The summed E-state index contributed by atoms with van der Waals surface area (Å²) in [7, 11) is 0. The number of nitrogens with one attached hydrogen (secondary N) is 2. The highest BCUT2D eigenvalue weighted by Crippen LogP contribution is 1.96. The van der Waals surface area contributed by atoms with E-state index in [0.29, 0.717) is 32.8 Å². The zero-order valence-electron chi connectivity index (χ0n) is 10.5. The minimum Gasteiger partial charge on any atom is -0.378 e. The average Bonchev–Trinajstić information content (AvgIpc) is 2.36. The van der Waals surface area contributed by atoms with Crippen LogP contribution in [0.2, 0.25) is 0 Å². The van der Waals surface area contributed by atoms with Crippen molar-refractivity contribution in [3.05, 3.63) is 0 Å². The highest BCUT2D eigenvalue weighted by Gasteiger charge is 2.18. The van der Waals surface area contributed by atoms with Crippen LogP contribution in [0.4, 0.5) is 0 Å². The van der Waals surface area contributed by atoms with Gasteiger partial charge in [-0.15, -0.1) is 0 Å². The van der Waals surface area contributed by atoms with E-state index in [0.717, 1.165) is 0 Å². The lowest BCUT2D eigenvalue weighted by Crippen LogP contribution is -2.49. The number of amides is 2. The molecule has 1 atom stereocenters. The van der Waals surface area contributed by atoms with Crippen LogP contribution in [0, 0.1) is 0 Å². The standard InChI is InChI=1S/C11H21N3O3/c1-3-12-11(16)9(2)13-8-10(15)14-4-6-17-7-5-14/h9,13H,3-8H2,1-2H3,(H,12,16). The average molecular weight is 243 g/mol. The Labute approximate surface area is 102 Å². The Morgan fingerprint density at radius 2 is 2.00 bits per heavy atom. The highest BCUT2D eigenvalue weighted by atomic mass is 16.5. The van der Waals surface area contributed by atoms with Gasteiger partial charge in [-0.2, -0.15) is 0 Å². The second-order valence-corrected chi connectivity index (χ2v) is 3.99. The van der Waals surface area contributed by atoms with Crippen molar-refractivity contribution in [1.82, 2.24) is 15.5 Å². The number of morpholine rings is 1. The Morgan fingerprint density at radius 1 is 1.35 bits per heavy atom. The third kappa shape index (κ3) is 4.70. The van der Waals surface area contributed by atoms with Gasteiger partial charge >= 0.3 is 0 Å². The van der Waals surface area contributed by atoms with Crippen molar-refractivity contribution < 1.29 is 14.3 Å². The maximum atomic E-state index is 11.8. The number of rotatable bonds is 5. The highest BCUT2D eigenvalue weighted by molar-refractivity contribution is 5.83. The molecule has 1 heterocycles. The summed E-state index contributed by atoms with van der Waals surface area (Å²) >= 11 is 0. The van der Waals surface area contributed by atoms with Crippen LogP contribution in [-0.4, -0.2) is 62.1 Å². The van der Waals surface area contributed by atoms with Crippen molar-refractivity contribution in [3.63, 3.8) is 0 Å². The molecule has 1 unspecified atom stereocenters. The summed E-state index contributed by atoms with van der Waals surface area (Å²) in [4.78, 5) is 24.9. The minimum absolute atomic E-state index is 0.0180. The molecule has 0 aromatic heterocycles. The number of hydrogen-bond donors (Lipinski definition) is 2. The van der Waals surface area contributed by atoms with Crippen molar-refractivity contribution in [3.8, 4) is 0 Å². The molecule has 0 aliphatic carbocycles. The predicted molar refractivity (Wildman–Crippen MR) is 63.5 cm³/mol. The maximum absolute atomic E-state index is 11.8. The topological polar surface area (TPSA) is 70.7 Å². The summed E-state index contributed by atoms with van der Waals surface area (Å²) in [5, 5.41) is 5.62. The third-order valence-electron chi connectivity index (χ3n) is 2.67. The molecule has 6 heteroatoms. The minimum atomic E-state index is -0.347. The summed E-state index contributed by atoms with van der Waals surface area (Å²) < 4.78 is 5.17. The first kappa shape index (κ1) is 13.9. The zero-order chi connectivity index (χ0) is 12.7. The van der Waals surface area contributed by atoms with E-state index in [1.54, 1.807) is 11.8 Å². The molecule has 0 aromatic carbocycles. The van der Waals surface area contributed by atoms with Crippen LogP contribution in [0.15, 0.2) is 0 Å². The maximum Gasteiger partial charge on any atom is 0.236 e. The molecule has 6 nitrogen and oxygen atoms in total. The van der Waals surface area contributed by atoms with Crippen LogP contribution in [0.3, 0.4) is 0 Å². The molecule has 17 heavy (non-hydrogen) atoms. The lowest BCUT2D eigenvalue weighted by molar-refractivity contribution is -0.134. The summed E-state index contributed by atoms with van der Waals surface area (Å²) in [5.74, 6) is -0.0632. The molecule has 1 saturated heterocycles. The van der Waals surface area contributed by atoms with Gasteiger partial charge in [-0.05, 0) is 13.8 Å². The molecular formula is C11H21N3O3. The molecule has 1 fully saturated rings. The Hall–Kier alpha value is -1.14. The summed E-state index contributed by atoms with van der Waals surface area (Å²) in [5.41, 5.74) is 0. The van der Waals surface area contributed by atoms with E-state index in [1.807, 2.05) is 6.92 Å². The number of carbonyl (C=O) groups is 2. The van der Waals surface area contributed by atoms with Crippen molar-refractivity contribution in [2.24, 2.45) is 0 Å². The fourth-order valence-corrected chi connectivity index (χ4v) is 1.58. The van der Waals surface area contributed by atoms with Crippen LogP contribution < -0.4 is 10.6 Å². The van der Waals surface area contributed by atoms with Gasteiger partial charge in [0.05, 0.1) is 25.8 Å². The molecule has 0 aromatic rings. The third-order valence-corrected chi connectivity index (χ3v) is 2.67. The fourth-order valence-electron chi connectivity index (χ4n) is 1.58. The smallest absolute Gasteiger partial charge is 0.236 e. The summed E-state index contributed by atoms with van der Waals surface area (Å²) in [6.07, 6.45) is 0. The zero-order valence-corrected chi connectivity index (χ0v) is 10.5. The fraction of sp³-hybridized carbons (Fsp3) is 0.818. The first-order chi connectivity index (χ1) is 8.15. The molecule has 0 saturated carbocycles. The van der Waals surface area contributed by atoms with E-state index in [1.165, 1.54) is 0 Å². The Bertz CT molecular complexity index is 265. The van der Waals surface area contributed by atoms with Crippen LogP contribution in [-0.2, 0) is 14.3 Å². The van der Waals surface area contributed by atoms with E-state index >= 15 is 0 Å². The van der Waals surface area contributed by atoms with E-state index in [2.05, 4.69) is 10.6 Å². The number of hydrogen-bond acceptors (Lipinski definition) is 4. The predicted octanol–water partition coefficient (Wildman–Crippen LogP) is -1.04. The summed E-state index contributed by atoms with van der Waals surface area (Å²) in [6, 6.07) is -0.347. The van der Waals surface area contributed by atoms with E-state index < -0.39 is 0 Å². The largest absolute Gasteiger partial charge is 0.378 e. The van der Waals surface area contributed by atoms with Crippen molar-refractivity contribution in [2.45, 2.75) is 19.9 Å². The molecular weight excluding hydrogens is 222 g/mol. The molecule has 0 bridgehead atoms. The number of likely N-dealkylation sites (N-methyl/N-ethyl adjacent to an activating group) is 1. The summed E-state index contributed by atoms with van der Waals surface area (Å²) in [6.45, 7) is 6.86. The van der Waals surface area contributed by atoms with E-state index in [-0.39, 0.29) is 24.4 Å². The molecule has 2 amide bonds. The lowest BCUT2D eigenvalue weighted by Gasteiger charge is -2.27. The van der Waals surface area contributed by atoms with Gasteiger partial charge in [0.2, 0.25) is 11.8 Å². The van der Waals surface area contributed by atoms with Gasteiger partial charge in [-0.25, -0.2) is 0 Å². The first-order valence-corrected chi connectivity index (χ1v) is 6.01. The van der Waals surface area contributed by atoms with Crippen molar-refractivity contribution in [2.75, 3.05) is 39.4 Å². The van der Waals surface area contributed by atoms with Crippen LogP contribution in [0.25, 0.3) is 0 Å². The van der Waals surface area contributed by atoms with Gasteiger partial charge < -0.3 is 15.0 Å². The van der Waals surface area contributed by atoms with Crippen LogP contribution in [0.1, 0.15) is 13.8 Å². The molecule has 1 aliphatic rings. The molecule has 1 aliphatic heterocycles. The lowest BCUT2D eigenvalue weighted by atomic mass is 10.3. The SMILES string of the molecule is CCNC(=O)C(C)NCC(=O)N1CCOCC1. The second kappa shape index (κ2) is 7.24.